The van der Waals surface area contributed by atoms with Gasteiger partial charge in [-0.1, -0.05) is 18.2 Å². The molecule has 0 fully saturated rings. The van der Waals surface area contributed by atoms with Gasteiger partial charge in [0.1, 0.15) is 11.7 Å². The summed E-state index contributed by atoms with van der Waals surface area (Å²) in [6.07, 6.45) is 2.17. The van der Waals surface area contributed by atoms with Gasteiger partial charge < -0.3 is 0 Å². The Hall–Kier alpha value is -1.74. The van der Waals surface area contributed by atoms with E-state index in [9.17, 15) is 0 Å². The fourth-order valence-corrected chi connectivity index (χ4v) is 3.14. The van der Waals surface area contributed by atoms with E-state index in [-0.39, 0.29) is 0 Å². The standard InChI is InChI=1S/C15H15N2S/c1-10-6-4-5-7-12(10)14-8-13-15(9-17(14)3)18-11(2)16-13/h4-9H,1-3H3/q+1. The quantitative estimate of drug-likeness (QED) is 0.609. The maximum Gasteiger partial charge on any atom is 0.214 e. The highest BCUT2D eigenvalue weighted by molar-refractivity contribution is 7.18. The molecule has 3 rings (SSSR count). The molecular formula is C15H15N2S+. The van der Waals surface area contributed by atoms with E-state index in [1.54, 1.807) is 11.3 Å². The van der Waals surface area contributed by atoms with E-state index in [1.165, 1.54) is 21.5 Å². The average molecular weight is 255 g/mol. The summed E-state index contributed by atoms with van der Waals surface area (Å²) in [5.74, 6) is 0. The van der Waals surface area contributed by atoms with Gasteiger partial charge in [0.25, 0.3) is 0 Å². The molecule has 0 N–H and O–H groups in total. The molecule has 0 amide bonds. The third-order valence-corrected chi connectivity index (χ3v) is 4.09. The van der Waals surface area contributed by atoms with E-state index >= 15 is 0 Å². The van der Waals surface area contributed by atoms with E-state index < -0.39 is 0 Å². The van der Waals surface area contributed by atoms with E-state index in [0.29, 0.717) is 0 Å². The number of benzene rings is 1. The Kier molecular flexibility index (Phi) is 2.63. The Bertz CT molecular complexity index is 728. The number of thiazole rings is 1. The number of aromatic nitrogens is 2. The molecule has 0 radical (unpaired) electrons. The fraction of sp³-hybridized carbons (Fsp3) is 0.200. The zero-order valence-electron chi connectivity index (χ0n) is 10.8. The predicted octanol–water partition coefficient (Wildman–Crippen LogP) is 3.40. The minimum Gasteiger partial charge on any atom is -0.241 e. The van der Waals surface area contributed by atoms with Gasteiger partial charge in [0.2, 0.25) is 5.69 Å². The van der Waals surface area contributed by atoms with E-state index in [2.05, 4.69) is 67.0 Å². The van der Waals surface area contributed by atoms with E-state index in [1.807, 2.05) is 0 Å². The molecule has 1 aromatic carbocycles. The lowest BCUT2D eigenvalue weighted by Crippen LogP contribution is -2.30. The molecule has 0 aliphatic carbocycles. The van der Waals surface area contributed by atoms with Gasteiger partial charge in [-0.25, -0.2) is 4.98 Å². The number of aryl methyl sites for hydroxylation is 3. The highest BCUT2D eigenvalue weighted by Gasteiger charge is 2.15. The summed E-state index contributed by atoms with van der Waals surface area (Å²) in [6, 6.07) is 10.6. The molecule has 2 heterocycles. The highest BCUT2D eigenvalue weighted by atomic mass is 32.1. The lowest BCUT2D eigenvalue weighted by Gasteiger charge is -2.03. The smallest absolute Gasteiger partial charge is 0.214 e. The second kappa shape index (κ2) is 4.18. The van der Waals surface area contributed by atoms with Crippen LogP contribution in [0.1, 0.15) is 10.6 Å². The number of fused-ring (bicyclic) bond motifs is 1. The lowest BCUT2D eigenvalue weighted by atomic mass is 10.0. The monoisotopic (exact) mass is 255 g/mol. The number of hydrogen-bond donors (Lipinski definition) is 0. The summed E-state index contributed by atoms with van der Waals surface area (Å²) in [5.41, 5.74) is 4.87. The van der Waals surface area contributed by atoms with Crippen LogP contribution in [-0.2, 0) is 7.05 Å². The van der Waals surface area contributed by atoms with Crippen LogP contribution in [0.15, 0.2) is 36.5 Å². The molecule has 3 aromatic rings. The van der Waals surface area contributed by atoms with Crippen molar-refractivity contribution in [2.45, 2.75) is 13.8 Å². The Labute approximate surface area is 111 Å². The summed E-state index contributed by atoms with van der Waals surface area (Å²) in [5, 5.41) is 1.12. The number of rotatable bonds is 1. The topological polar surface area (TPSA) is 16.8 Å². The molecule has 3 heteroatoms. The Morgan fingerprint density at radius 1 is 1.17 bits per heavy atom. The zero-order valence-corrected chi connectivity index (χ0v) is 11.6. The van der Waals surface area contributed by atoms with Crippen LogP contribution >= 0.6 is 11.3 Å². The van der Waals surface area contributed by atoms with Gasteiger partial charge in [-0.3, -0.25) is 0 Å². The molecule has 90 valence electrons. The Balaban J connectivity index is 2.29. The summed E-state index contributed by atoms with van der Waals surface area (Å²) >= 11 is 1.74. The lowest BCUT2D eigenvalue weighted by molar-refractivity contribution is -0.659. The van der Waals surface area contributed by atoms with Crippen molar-refractivity contribution in [3.63, 3.8) is 0 Å². The zero-order chi connectivity index (χ0) is 12.7. The van der Waals surface area contributed by atoms with Crippen LogP contribution in [0.2, 0.25) is 0 Å². The van der Waals surface area contributed by atoms with Gasteiger partial charge >= 0.3 is 0 Å². The predicted molar refractivity (Wildman–Crippen MR) is 75.7 cm³/mol. The van der Waals surface area contributed by atoms with Gasteiger partial charge in [-0.05, 0) is 25.5 Å². The van der Waals surface area contributed by atoms with Gasteiger partial charge in [0.05, 0.1) is 10.5 Å². The molecular weight excluding hydrogens is 240 g/mol. The first kappa shape index (κ1) is 11.4. The first-order valence-electron chi connectivity index (χ1n) is 5.98. The minimum absolute atomic E-state index is 1.09. The fourth-order valence-electron chi connectivity index (χ4n) is 2.26. The Morgan fingerprint density at radius 2 is 1.94 bits per heavy atom. The van der Waals surface area contributed by atoms with Gasteiger partial charge in [-0.15, -0.1) is 11.3 Å². The Morgan fingerprint density at radius 3 is 2.72 bits per heavy atom. The van der Waals surface area contributed by atoms with Crippen LogP contribution < -0.4 is 4.57 Å². The average Bonchev–Trinajstić information content (AvgIpc) is 2.68. The molecule has 0 saturated heterocycles. The van der Waals surface area contributed by atoms with Crippen molar-refractivity contribution >= 4 is 21.6 Å². The summed E-state index contributed by atoms with van der Waals surface area (Å²) in [4.78, 5) is 4.58. The van der Waals surface area contributed by atoms with Crippen molar-refractivity contribution in [2.24, 2.45) is 7.05 Å². The second-order valence-electron chi connectivity index (χ2n) is 4.57. The van der Waals surface area contributed by atoms with Crippen molar-refractivity contribution in [3.05, 3.63) is 47.1 Å². The summed E-state index contributed by atoms with van der Waals surface area (Å²) < 4.78 is 3.43. The first-order valence-corrected chi connectivity index (χ1v) is 6.79. The number of nitrogens with zero attached hydrogens (tertiary/aromatic N) is 2. The van der Waals surface area contributed by atoms with Crippen LogP contribution in [0.4, 0.5) is 0 Å². The molecule has 0 saturated carbocycles. The van der Waals surface area contributed by atoms with Crippen LogP contribution in [0.25, 0.3) is 21.5 Å². The summed E-state index contributed by atoms with van der Waals surface area (Å²) in [6.45, 7) is 4.20. The molecule has 18 heavy (non-hydrogen) atoms. The largest absolute Gasteiger partial charge is 0.241 e. The van der Waals surface area contributed by atoms with Crippen LogP contribution in [-0.4, -0.2) is 4.98 Å². The van der Waals surface area contributed by atoms with Crippen molar-refractivity contribution < 1.29 is 4.57 Å². The van der Waals surface area contributed by atoms with Crippen LogP contribution in [0.3, 0.4) is 0 Å². The third-order valence-electron chi connectivity index (χ3n) is 3.17. The van der Waals surface area contributed by atoms with Gasteiger partial charge in [-0.2, -0.15) is 4.57 Å². The maximum atomic E-state index is 4.58. The SMILES string of the molecule is Cc1nc2cc(-c3ccccc3C)[n+](C)cc2s1. The number of hydrogen-bond acceptors (Lipinski definition) is 2. The molecule has 2 nitrogen and oxygen atoms in total. The minimum atomic E-state index is 1.09. The van der Waals surface area contributed by atoms with Crippen molar-refractivity contribution in [1.82, 2.24) is 4.98 Å². The van der Waals surface area contributed by atoms with Crippen LogP contribution in [0, 0.1) is 13.8 Å². The van der Waals surface area contributed by atoms with Crippen LogP contribution in [0.5, 0.6) is 0 Å². The molecule has 2 aromatic heterocycles. The highest BCUT2D eigenvalue weighted by Crippen LogP contribution is 2.25. The number of pyridine rings is 1. The molecule has 0 bridgehead atoms. The summed E-state index contributed by atoms with van der Waals surface area (Å²) in [7, 11) is 2.09. The molecule has 0 spiro atoms. The first-order chi connectivity index (χ1) is 8.65. The van der Waals surface area contributed by atoms with Gasteiger partial charge in [0, 0.05) is 11.6 Å². The van der Waals surface area contributed by atoms with Crippen molar-refractivity contribution in [1.29, 1.82) is 0 Å². The van der Waals surface area contributed by atoms with Gasteiger partial charge in [0.15, 0.2) is 6.20 Å². The second-order valence-corrected chi connectivity index (χ2v) is 5.80. The third kappa shape index (κ3) is 1.81. The van der Waals surface area contributed by atoms with E-state index in [4.69, 9.17) is 0 Å². The molecule has 0 atom stereocenters. The normalized spacial score (nSPS) is 11.1. The molecule has 0 unspecified atom stereocenters. The maximum absolute atomic E-state index is 4.58. The molecule has 0 aliphatic heterocycles. The molecule has 0 aliphatic rings. The van der Waals surface area contributed by atoms with E-state index in [0.717, 1.165) is 10.5 Å². The van der Waals surface area contributed by atoms with Crippen molar-refractivity contribution in [2.75, 3.05) is 0 Å². The van der Waals surface area contributed by atoms with Crippen molar-refractivity contribution in [3.8, 4) is 11.3 Å².